The Bertz CT molecular complexity index is 3130. The number of anilines is 1. The molecule has 13 atom stereocenters. The number of likely N-dealkylation sites (N-methyl/N-ethyl adjacent to an activating group) is 2. The fourth-order valence-electron chi connectivity index (χ4n) is 13.1. The van der Waals surface area contributed by atoms with E-state index >= 15 is 0 Å². The number of likely N-dealkylation sites (tertiary alicyclic amines) is 1. The van der Waals surface area contributed by atoms with Crippen LogP contribution in [0.2, 0.25) is 0 Å². The molecule has 2 aliphatic rings. The van der Waals surface area contributed by atoms with Gasteiger partial charge < -0.3 is 66.8 Å². The first-order valence-corrected chi connectivity index (χ1v) is 35.8. The molecule has 0 radical (unpaired) electrons. The topological polar surface area (TPSA) is 359 Å². The third kappa shape index (κ3) is 26.8. The van der Waals surface area contributed by atoms with E-state index in [1.54, 1.807) is 104 Å². The fraction of sp³-hybridized carbons (Fsp3) is 0.658. The van der Waals surface area contributed by atoms with Crippen LogP contribution < -0.4 is 43.0 Å². The van der Waals surface area contributed by atoms with Gasteiger partial charge in [-0.3, -0.25) is 58.3 Å². The van der Waals surface area contributed by atoms with E-state index in [2.05, 4.69) is 37.2 Å². The zero-order valence-corrected chi connectivity index (χ0v) is 62.3. The molecule has 103 heavy (non-hydrogen) atoms. The van der Waals surface area contributed by atoms with Crippen LogP contribution in [0.15, 0.2) is 66.7 Å². The number of urea groups is 1. The van der Waals surface area contributed by atoms with Crippen LogP contribution in [-0.4, -0.2) is 211 Å². The predicted molar refractivity (Wildman–Crippen MR) is 380 cm³/mol. The van der Waals surface area contributed by atoms with Gasteiger partial charge >= 0.3 is 18.3 Å². The molecule has 576 valence electrons. The van der Waals surface area contributed by atoms with Crippen LogP contribution in [0, 0.1) is 29.6 Å². The molecule has 2 aromatic rings. The van der Waals surface area contributed by atoms with E-state index in [0.717, 1.165) is 22.0 Å². The minimum absolute atomic E-state index is 0.0307. The normalized spacial score (nSPS) is 17.4. The number of hydrogen-bond acceptors (Lipinski definition) is 16. The number of alkyl halides is 3. The number of unbranched alkanes of at least 4 members (excludes halogenated alkanes) is 2. The number of hydrogen-bond donors (Lipinski definition) is 9. The number of halogens is 3. The smallest absolute Gasteiger partial charge is 0.410 e. The molecule has 0 saturated carbocycles. The minimum atomic E-state index is -4.75. The molecule has 0 aromatic heterocycles. The van der Waals surface area contributed by atoms with Crippen molar-refractivity contribution in [2.75, 3.05) is 59.8 Å². The van der Waals surface area contributed by atoms with Crippen LogP contribution in [0.25, 0.3) is 0 Å². The van der Waals surface area contributed by atoms with Crippen molar-refractivity contribution in [2.24, 2.45) is 35.3 Å². The van der Waals surface area contributed by atoms with Gasteiger partial charge in [-0.05, 0) is 98.8 Å². The average molecular weight is 1460 g/mol. The number of primary amides is 1. The molecule has 2 heterocycles. The van der Waals surface area contributed by atoms with Gasteiger partial charge in [0.15, 0.2) is 0 Å². The van der Waals surface area contributed by atoms with Crippen LogP contribution in [0.4, 0.5) is 28.4 Å². The summed E-state index contributed by atoms with van der Waals surface area (Å²) in [5.74, 6) is -6.99. The van der Waals surface area contributed by atoms with E-state index in [9.17, 15) is 71.0 Å². The number of aliphatic hydroxyl groups is 1. The number of nitrogens with one attached hydrogen (secondary N) is 7. The van der Waals surface area contributed by atoms with E-state index in [1.807, 2.05) is 32.0 Å². The molecule has 0 aliphatic carbocycles. The maximum atomic E-state index is 14.8. The number of nitrogens with two attached hydrogens (primary N) is 1. The van der Waals surface area contributed by atoms with Crippen LogP contribution in [-0.2, 0) is 64.0 Å². The molecule has 2 aromatic carbocycles. The van der Waals surface area contributed by atoms with Gasteiger partial charge in [0.05, 0.1) is 54.8 Å². The zero-order valence-electron chi connectivity index (χ0n) is 62.3. The second kappa shape index (κ2) is 42.5. The molecule has 1 saturated heterocycles. The summed E-state index contributed by atoms with van der Waals surface area (Å²) in [6.45, 7) is 17.8. The second-order valence-electron chi connectivity index (χ2n) is 28.0. The van der Waals surface area contributed by atoms with Crippen LogP contribution in [0.1, 0.15) is 164 Å². The number of amides is 12. The monoisotopic (exact) mass is 1450 g/mol. The lowest BCUT2D eigenvalue weighted by atomic mass is 9.89. The van der Waals surface area contributed by atoms with Crippen molar-refractivity contribution < 1.29 is 85.2 Å². The SMILES string of the molecule is CC[C@H](C)[C@@H]([C@@H](CC(=O)N1CCC[C@H]1[C@H](OC)[C@@H](C)C(=O)N[C@H](C)[C@@H](O)c1ccccc1)OC)N(C)C(=O)[C@@H](NC(=O)C(C(C)C)N(C)C(=O)OCc1ccc(NC(=O)CCCNC(=O)[C@H](CCCNC(N)=O)NC(=O)C(N[C@@H](CCCCCN2C(=O)C=CC2=O)C(F)(F)F)C(C)C)cc1)C(C)C. The molecule has 27 nitrogen and oxygen atoms in total. The zero-order chi connectivity index (χ0) is 77.0. The maximum Gasteiger partial charge on any atom is 0.410 e. The van der Waals surface area contributed by atoms with E-state index in [0.29, 0.717) is 42.6 Å². The second-order valence-corrected chi connectivity index (χ2v) is 28.0. The molecular formula is C73H113F3N12O15. The van der Waals surface area contributed by atoms with Gasteiger partial charge in [-0.25, -0.2) is 9.59 Å². The average Bonchev–Trinajstić information content (AvgIpc) is 1.55. The summed E-state index contributed by atoms with van der Waals surface area (Å²) < 4.78 is 60.8. The Kier molecular flexibility index (Phi) is 36.0. The highest BCUT2D eigenvalue weighted by molar-refractivity contribution is 6.12. The molecule has 0 spiro atoms. The highest BCUT2D eigenvalue weighted by atomic mass is 19.4. The first-order chi connectivity index (χ1) is 48.6. The van der Waals surface area contributed by atoms with Crippen molar-refractivity contribution in [1.29, 1.82) is 0 Å². The Labute approximate surface area is 604 Å². The number of ether oxygens (including phenoxy) is 3. The van der Waals surface area contributed by atoms with Crippen molar-refractivity contribution in [3.8, 4) is 0 Å². The fourth-order valence-corrected chi connectivity index (χ4v) is 13.1. The Hall–Kier alpha value is -8.22. The van der Waals surface area contributed by atoms with Crippen LogP contribution in [0.3, 0.4) is 0 Å². The van der Waals surface area contributed by atoms with Gasteiger partial charge in [0.25, 0.3) is 11.8 Å². The van der Waals surface area contributed by atoms with E-state index < -0.39 is 156 Å². The predicted octanol–water partition coefficient (Wildman–Crippen LogP) is 6.38. The summed E-state index contributed by atoms with van der Waals surface area (Å²) in [5, 5.41) is 29.6. The quantitative estimate of drug-likeness (QED) is 0.0257. The number of carbonyl (C=O) groups is 11. The molecule has 1 fully saturated rings. The molecular weight excluding hydrogens is 1340 g/mol. The highest BCUT2D eigenvalue weighted by Crippen LogP contribution is 2.31. The first kappa shape index (κ1) is 87.2. The lowest BCUT2D eigenvalue weighted by Crippen LogP contribution is -2.60. The Morgan fingerprint density at radius 1 is 0.709 bits per heavy atom. The van der Waals surface area contributed by atoms with Gasteiger partial charge in [0, 0.05) is 78.8 Å². The van der Waals surface area contributed by atoms with Crippen molar-refractivity contribution in [3.05, 3.63) is 77.9 Å². The summed E-state index contributed by atoms with van der Waals surface area (Å²) in [4.78, 5) is 152. The number of carbonyl (C=O) groups excluding carboxylic acids is 11. The molecule has 12 amide bonds. The van der Waals surface area contributed by atoms with E-state index in [4.69, 9.17) is 19.9 Å². The summed E-state index contributed by atoms with van der Waals surface area (Å²) in [5.41, 5.74) is 6.78. The Morgan fingerprint density at radius 3 is 1.91 bits per heavy atom. The van der Waals surface area contributed by atoms with Crippen LogP contribution >= 0.6 is 0 Å². The molecule has 4 rings (SSSR count). The summed E-state index contributed by atoms with van der Waals surface area (Å²) in [6, 6.07) is 6.02. The lowest BCUT2D eigenvalue weighted by molar-refractivity contribution is -0.162. The van der Waals surface area contributed by atoms with Gasteiger partial charge in [-0.15, -0.1) is 0 Å². The van der Waals surface area contributed by atoms with Gasteiger partial charge in [0.2, 0.25) is 41.4 Å². The van der Waals surface area contributed by atoms with Crippen LogP contribution in [0.5, 0.6) is 0 Å². The van der Waals surface area contributed by atoms with Gasteiger partial charge in [-0.1, -0.05) is 124 Å². The molecule has 10 N–H and O–H groups in total. The molecule has 2 unspecified atom stereocenters. The number of methoxy groups -OCH3 is 2. The standard InChI is InChI=1S/C73H113F3N12O15/c1-15-46(8)63(54(101-13)41-59(92)87-40-24-28-53(87)65(102-14)47(9)66(94)80-48(10)64(93)50-25-18-16-19-26-50)85(11)70(98)61(44(4)5)84-69(97)62(45(6)7)86(12)72(100)103-42-49-31-33-51(34-32-49)81-56(89)30-23-37-78-67(95)52(27-22-38-79-71(77)99)82-68(96)60(43(2)3)83-55(73(74,75)76)29-20-17-21-39-88-57(90)35-36-58(88)91/h16,18-19,25-26,31-36,43-48,52-55,60-65,83,93H,15,17,20-24,27-30,37-42H2,1-14H3,(H,78,95)(H,80,94)(H,81,89)(H,82,96)(H,84,97)(H3,77,79,99)/t46-,47+,48+,52-,53-,54+,55-,60?,61-,62?,63-,64+,65+/m0/s1. The van der Waals surface area contributed by atoms with Gasteiger partial charge in [-0.2, -0.15) is 13.2 Å². The van der Waals surface area contributed by atoms with E-state index in [1.165, 1.54) is 26.2 Å². The number of nitrogens with zero attached hydrogens (tertiary/aromatic N) is 4. The third-order valence-corrected chi connectivity index (χ3v) is 19.2. The van der Waals surface area contributed by atoms with Crippen molar-refractivity contribution >= 4 is 71.0 Å². The third-order valence-electron chi connectivity index (χ3n) is 19.2. The molecule has 2 aliphatic heterocycles. The van der Waals surface area contributed by atoms with Crippen molar-refractivity contribution in [2.45, 2.75) is 226 Å². The van der Waals surface area contributed by atoms with Gasteiger partial charge in [0.1, 0.15) is 30.8 Å². The van der Waals surface area contributed by atoms with E-state index in [-0.39, 0.29) is 95.3 Å². The Morgan fingerprint density at radius 2 is 1.34 bits per heavy atom. The lowest BCUT2D eigenvalue weighted by Gasteiger charge is -2.41. The minimum Gasteiger partial charge on any atom is -0.445 e. The number of aliphatic hydroxyl groups excluding tert-OH is 1. The summed E-state index contributed by atoms with van der Waals surface area (Å²) in [7, 11) is 6.04. The number of imide groups is 1. The Balaban J connectivity index is 1.31. The summed E-state index contributed by atoms with van der Waals surface area (Å²) >= 11 is 0. The van der Waals surface area contributed by atoms with Crippen molar-refractivity contribution in [3.63, 3.8) is 0 Å². The highest BCUT2D eigenvalue weighted by Gasteiger charge is 2.45. The summed E-state index contributed by atoms with van der Waals surface area (Å²) in [6.07, 6.45) is -3.58. The molecule has 0 bridgehead atoms. The maximum absolute atomic E-state index is 14.8. The molecule has 30 heteroatoms. The number of rotatable bonds is 43. The number of benzene rings is 2. The first-order valence-electron chi connectivity index (χ1n) is 35.8. The largest absolute Gasteiger partial charge is 0.445 e. The van der Waals surface area contributed by atoms with Crippen molar-refractivity contribution in [1.82, 2.24) is 51.5 Å².